The first-order chi connectivity index (χ1) is 13.4. The van der Waals surface area contributed by atoms with E-state index in [9.17, 15) is 4.79 Å². The summed E-state index contributed by atoms with van der Waals surface area (Å²) in [6.07, 6.45) is -0.540. The van der Waals surface area contributed by atoms with E-state index in [2.05, 4.69) is 35.5 Å². The number of nitrogens with one attached hydrogen (secondary N) is 2. The van der Waals surface area contributed by atoms with Gasteiger partial charge in [0.1, 0.15) is 0 Å². The van der Waals surface area contributed by atoms with Crippen LogP contribution in [0.5, 0.6) is 0 Å². The minimum absolute atomic E-state index is 0.163. The molecule has 2 N–H and O–H groups in total. The van der Waals surface area contributed by atoms with E-state index in [1.807, 2.05) is 24.3 Å². The van der Waals surface area contributed by atoms with E-state index in [1.54, 1.807) is 23.6 Å². The molecule has 1 unspecified atom stereocenters. The molecule has 0 radical (unpaired) electrons. The third kappa shape index (κ3) is 3.39. The summed E-state index contributed by atoms with van der Waals surface area (Å²) in [6, 6.07) is 14.9. The van der Waals surface area contributed by atoms with Gasteiger partial charge in [-0.15, -0.1) is 0 Å². The molecule has 0 fully saturated rings. The highest BCUT2D eigenvalue weighted by Gasteiger charge is 2.25. The van der Waals surface area contributed by atoms with Crippen LogP contribution in [-0.2, 0) is 0 Å². The summed E-state index contributed by atoms with van der Waals surface area (Å²) in [7, 11) is 0. The molecule has 0 spiro atoms. The van der Waals surface area contributed by atoms with Crippen molar-refractivity contribution >= 4 is 29.2 Å². The molecule has 1 aliphatic heterocycles. The lowest BCUT2D eigenvalue weighted by molar-refractivity contribution is 0.577. The van der Waals surface area contributed by atoms with Crippen LogP contribution in [0.1, 0.15) is 28.6 Å². The highest BCUT2D eigenvalue weighted by molar-refractivity contribution is 6.30. The second-order valence-electron chi connectivity index (χ2n) is 6.83. The number of rotatable bonds is 2. The van der Waals surface area contributed by atoms with Gasteiger partial charge in [0.15, 0.2) is 6.17 Å². The van der Waals surface area contributed by atoms with Gasteiger partial charge in [-0.25, -0.2) is 9.98 Å². The van der Waals surface area contributed by atoms with Gasteiger partial charge in [0.25, 0.3) is 5.56 Å². The summed E-state index contributed by atoms with van der Waals surface area (Å²) >= 11 is 6.03. The van der Waals surface area contributed by atoms with Gasteiger partial charge in [-0.1, -0.05) is 35.9 Å². The zero-order valence-electron chi connectivity index (χ0n) is 15.8. The molecule has 2 heterocycles. The monoisotopic (exact) mass is 393 g/mol. The number of hydrogen-bond acceptors (Lipinski definition) is 5. The molecule has 2 aromatic carbocycles. The molecule has 0 aliphatic carbocycles. The standard InChI is InChI=1S/C21H20ClN5O/c1-12-5-4-6-17(14(12)3)24-20-25-19(15-7-9-16(22)10-8-15)27-18(28)11-13(2)23-21(27)26-20/h4-11,19H,1-3H3,(H2,23,24,25,26). The lowest BCUT2D eigenvalue weighted by atomic mass is 10.1. The Bertz CT molecular complexity index is 1130. The van der Waals surface area contributed by atoms with Gasteiger partial charge in [-0.2, -0.15) is 0 Å². The zero-order chi connectivity index (χ0) is 19.8. The number of aryl methyl sites for hydroxylation is 2. The van der Waals surface area contributed by atoms with Gasteiger partial charge < -0.3 is 5.32 Å². The first-order valence-corrected chi connectivity index (χ1v) is 9.34. The van der Waals surface area contributed by atoms with Crippen LogP contribution in [0.15, 0.2) is 58.3 Å². The van der Waals surface area contributed by atoms with Crippen molar-refractivity contribution in [3.63, 3.8) is 0 Å². The van der Waals surface area contributed by atoms with Crippen molar-refractivity contribution in [1.29, 1.82) is 0 Å². The van der Waals surface area contributed by atoms with Crippen molar-refractivity contribution in [2.75, 3.05) is 10.6 Å². The van der Waals surface area contributed by atoms with Crippen molar-refractivity contribution < 1.29 is 0 Å². The maximum atomic E-state index is 12.7. The lowest BCUT2D eigenvalue weighted by Crippen LogP contribution is -2.37. The number of halogens is 1. The van der Waals surface area contributed by atoms with Gasteiger partial charge in [-0.05, 0) is 55.7 Å². The zero-order valence-corrected chi connectivity index (χ0v) is 16.6. The molecule has 6 nitrogen and oxygen atoms in total. The van der Waals surface area contributed by atoms with E-state index in [-0.39, 0.29) is 5.56 Å². The number of fused-ring (bicyclic) bond motifs is 1. The van der Waals surface area contributed by atoms with E-state index >= 15 is 0 Å². The maximum Gasteiger partial charge on any atom is 0.257 e. The van der Waals surface area contributed by atoms with Crippen LogP contribution in [0.2, 0.25) is 5.02 Å². The molecular formula is C21H20ClN5O. The SMILES string of the molecule is Cc1cc(=O)n2c(n1)NC(Nc1cccc(C)c1C)=NC2c1ccc(Cl)cc1. The second-order valence-corrected chi connectivity index (χ2v) is 7.27. The molecule has 28 heavy (non-hydrogen) atoms. The number of anilines is 2. The summed E-state index contributed by atoms with van der Waals surface area (Å²) in [6.45, 7) is 5.91. The predicted octanol–water partition coefficient (Wildman–Crippen LogP) is 4.26. The molecular weight excluding hydrogens is 374 g/mol. The van der Waals surface area contributed by atoms with E-state index in [0.29, 0.717) is 22.6 Å². The van der Waals surface area contributed by atoms with Crippen LogP contribution in [-0.4, -0.2) is 15.5 Å². The Morgan fingerprint density at radius 1 is 1.11 bits per heavy atom. The average molecular weight is 394 g/mol. The Hall–Kier alpha value is -3.12. The van der Waals surface area contributed by atoms with E-state index in [0.717, 1.165) is 16.8 Å². The molecule has 0 saturated carbocycles. The molecule has 142 valence electrons. The maximum absolute atomic E-state index is 12.7. The van der Waals surface area contributed by atoms with E-state index in [1.165, 1.54) is 11.6 Å². The Morgan fingerprint density at radius 3 is 2.61 bits per heavy atom. The van der Waals surface area contributed by atoms with Crippen molar-refractivity contribution in [1.82, 2.24) is 9.55 Å². The van der Waals surface area contributed by atoms with Gasteiger partial charge >= 0.3 is 0 Å². The number of aromatic nitrogens is 2. The normalized spacial score (nSPS) is 15.4. The molecule has 1 atom stereocenters. The predicted molar refractivity (Wildman–Crippen MR) is 113 cm³/mol. The van der Waals surface area contributed by atoms with Crippen LogP contribution in [0, 0.1) is 20.8 Å². The summed E-state index contributed by atoms with van der Waals surface area (Å²) in [5.41, 5.74) is 4.59. The average Bonchev–Trinajstić information content (AvgIpc) is 2.65. The molecule has 4 rings (SSSR count). The minimum Gasteiger partial charge on any atom is -0.326 e. The van der Waals surface area contributed by atoms with Gasteiger partial charge in [0.05, 0.1) is 0 Å². The van der Waals surface area contributed by atoms with Crippen molar-refractivity contribution in [2.45, 2.75) is 26.9 Å². The van der Waals surface area contributed by atoms with Crippen LogP contribution in [0.25, 0.3) is 0 Å². The van der Waals surface area contributed by atoms with Crippen molar-refractivity contribution in [3.05, 3.63) is 86.3 Å². The topological polar surface area (TPSA) is 71.3 Å². The lowest BCUT2D eigenvalue weighted by Gasteiger charge is -2.27. The smallest absolute Gasteiger partial charge is 0.257 e. The van der Waals surface area contributed by atoms with Gasteiger partial charge in [-0.3, -0.25) is 14.7 Å². The fourth-order valence-corrected chi connectivity index (χ4v) is 3.31. The third-order valence-corrected chi connectivity index (χ3v) is 5.08. The number of nitrogens with zero attached hydrogens (tertiary/aromatic N) is 3. The number of hydrogen-bond donors (Lipinski definition) is 2. The van der Waals surface area contributed by atoms with Crippen molar-refractivity contribution in [2.24, 2.45) is 4.99 Å². The summed E-state index contributed by atoms with van der Waals surface area (Å²) in [5.74, 6) is 0.985. The molecule has 1 aromatic heterocycles. The first-order valence-electron chi connectivity index (χ1n) is 8.96. The van der Waals surface area contributed by atoms with Crippen LogP contribution in [0.3, 0.4) is 0 Å². The number of aliphatic imine (C=N–C) groups is 1. The van der Waals surface area contributed by atoms with E-state index in [4.69, 9.17) is 16.6 Å². The molecule has 1 aliphatic rings. The first kappa shape index (κ1) is 18.3. The van der Waals surface area contributed by atoms with Crippen LogP contribution < -0.4 is 16.2 Å². The largest absolute Gasteiger partial charge is 0.326 e. The quantitative estimate of drug-likeness (QED) is 0.682. The highest BCUT2D eigenvalue weighted by atomic mass is 35.5. The molecule has 7 heteroatoms. The van der Waals surface area contributed by atoms with Crippen LogP contribution in [0.4, 0.5) is 11.6 Å². The fraction of sp³-hybridized carbons (Fsp3) is 0.190. The summed E-state index contributed by atoms with van der Waals surface area (Å²) in [5, 5.41) is 7.12. The summed E-state index contributed by atoms with van der Waals surface area (Å²) in [4.78, 5) is 21.9. The minimum atomic E-state index is -0.540. The van der Waals surface area contributed by atoms with Gasteiger partial charge in [0.2, 0.25) is 11.9 Å². The molecule has 0 bridgehead atoms. The third-order valence-electron chi connectivity index (χ3n) is 4.83. The van der Waals surface area contributed by atoms with Crippen molar-refractivity contribution in [3.8, 4) is 0 Å². The van der Waals surface area contributed by atoms with E-state index < -0.39 is 6.17 Å². The highest BCUT2D eigenvalue weighted by Crippen LogP contribution is 2.27. The Labute approximate surface area is 167 Å². The second kappa shape index (κ2) is 7.13. The van der Waals surface area contributed by atoms with Gasteiger partial charge in [0, 0.05) is 22.5 Å². The molecule has 0 saturated heterocycles. The Balaban J connectivity index is 1.81. The summed E-state index contributed by atoms with van der Waals surface area (Å²) < 4.78 is 1.55. The number of guanidine groups is 1. The number of benzene rings is 2. The fourth-order valence-electron chi connectivity index (χ4n) is 3.18. The molecule has 3 aromatic rings. The molecule has 0 amide bonds. The van der Waals surface area contributed by atoms with Crippen LogP contribution >= 0.6 is 11.6 Å². The Morgan fingerprint density at radius 2 is 1.86 bits per heavy atom. The Kier molecular flexibility index (Phi) is 4.65.